The molecule has 0 aromatic heterocycles. The van der Waals surface area contributed by atoms with E-state index in [4.69, 9.17) is 4.74 Å². The largest absolute Gasteiger partial charge is 0.371 e. The second kappa shape index (κ2) is 8.07. The van der Waals surface area contributed by atoms with Gasteiger partial charge in [0.1, 0.15) is 5.82 Å². The van der Waals surface area contributed by atoms with Crippen molar-refractivity contribution in [3.8, 4) is 0 Å². The second-order valence-corrected chi connectivity index (χ2v) is 4.49. The molecule has 0 saturated carbocycles. The molecule has 21 heavy (non-hydrogen) atoms. The van der Waals surface area contributed by atoms with Gasteiger partial charge < -0.3 is 4.74 Å². The summed E-state index contributed by atoms with van der Waals surface area (Å²) >= 11 is 0. The third-order valence-corrected chi connectivity index (χ3v) is 2.84. The number of rotatable bonds is 6. The van der Waals surface area contributed by atoms with Gasteiger partial charge in [-0.15, -0.1) is 0 Å². The van der Waals surface area contributed by atoms with Gasteiger partial charge in [0.25, 0.3) is 0 Å². The Bertz CT molecular complexity index is 624. The van der Waals surface area contributed by atoms with Crippen LogP contribution < -0.4 is 0 Å². The molecule has 3 nitrogen and oxygen atoms in total. The molecule has 2 rings (SSSR count). The summed E-state index contributed by atoms with van der Waals surface area (Å²) in [5.74, 6) is -0.280. The van der Waals surface area contributed by atoms with Crippen molar-refractivity contribution < 1.29 is 9.13 Å². The van der Waals surface area contributed by atoms with Crippen LogP contribution in [-0.4, -0.2) is 18.5 Å². The molecule has 0 heterocycles. The van der Waals surface area contributed by atoms with E-state index in [-0.39, 0.29) is 5.82 Å². The van der Waals surface area contributed by atoms with E-state index in [1.807, 2.05) is 30.3 Å². The first-order valence-corrected chi connectivity index (χ1v) is 6.69. The quantitative estimate of drug-likeness (QED) is 0.451. The van der Waals surface area contributed by atoms with E-state index >= 15 is 0 Å². The summed E-state index contributed by atoms with van der Waals surface area (Å²) in [5.41, 5.74) is 2.50. The first kappa shape index (κ1) is 15.1. The zero-order chi connectivity index (χ0) is 14.9. The molecule has 2 aromatic rings. The minimum atomic E-state index is -0.280. The SMILES string of the molecule is C/C(=N\N=C\COCc1ccccc1)c1cccc(F)c1. The number of benzene rings is 2. The molecule has 108 valence electrons. The van der Waals surface area contributed by atoms with Crippen molar-refractivity contribution in [1.82, 2.24) is 0 Å². The molecule has 2 aromatic carbocycles. The van der Waals surface area contributed by atoms with Crippen molar-refractivity contribution >= 4 is 11.9 Å². The fourth-order valence-corrected chi connectivity index (χ4v) is 1.74. The molecule has 0 spiro atoms. The van der Waals surface area contributed by atoms with E-state index in [2.05, 4.69) is 10.2 Å². The fraction of sp³-hybridized carbons (Fsp3) is 0.176. The topological polar surface area (TPSA) is 34.0 Å². The maximum absolute atomic E-state index is 13.1. The molecule has 0 amide bonds. The van der Waals surface area contributed by atoms with Gasteiger partial charge in [0.15, 0.2) is 0 Å². The van der Waals surface area contributed by atoms with Crippen LogP contribution in [0.3, 0.4) is 0 Å². The highest BCUT2D eigenvalue weighted by Gasteiger charge is 1.97. The second-order valence-electron chi connectivity index (χ2n) is 4.49. The molecule has 0 aliphatic rings. The van der Waals surface area contributed by atoms with Crippen LogP contribution >= 0.6 is 0 Å². The van der Waals surface area contributed by atoms with Gasteiger partial charge in [-0.3, -0.25) is 0 Å². The molecule has 0 aliphatic carbocycles. The molecule has 0 radical (unpaired) electrons. The highest BCUT2D eigenvalue weighted by Crippen LogP contribution is 2.05. The van der Waals surface area contributed by atoms with Crippen molar-refractivity contribution in [3.63, 3.8) is 0 Å². The lowest BCUT2D eigenvalue weighted by molar-refractivity contribution is 0.160. The average Bonchev–Trinajstić information content (AvgIpc) is 2.51. The molecular formula is C17H17FN2O. The summed E-state index contributed by atoms with van der Waals surface area (Å²) in [7, 11) is 0. The fourth-order valence-electron chi connectivity index (χ4n) is 1.74. The highest BCUT2D eigenvalue weighted by atomic mass is 19.1. The highest BCUT2D eigenvalue weighted by molar-refractivity contribution is 5.98. The minimum absolute atomic E-state index is 0.280. The van der Waals surface area contributed by atoms with Gasteiger partial charge in [0, 0.05) is 5.56 Å². The summed E-state index contributed by atoms with van der Waals surface area (Å²) in [6, 6.07) is 16.2. The van der Waals surface area contributed by atoms with Gasteiger partial charge in [-0.25, -0.2) is 4.39 Å². The van der Waals surface area contributed by atoms with Crippen molar-refractivity contribution in [2.24, 2.45) is 10.2 Å². The number of nitrogens with zero attached hydrogens (tertiary/aromatic N) is 2. The van der Waals surface area contributed by atoms with Crippen LogP contribution in [0.1, 0.15) is 18.1 Å². The first-order valence-electron chi connectivity index (χ1n) is 6.69. The Morgan fingerprint density at radius 3 is 2.71 bits per heavy atom. The van der Waals surface area contributed by atoms with Crippen LogP contribution in [0.2, 0.25) is 0 Å². The van der Waals surface area contributed by atoms with Crippen LogP contribution in [0.25, 0.3) is 0 Å². The van der Waals surface area contributed by atoms with E-state index in [0.717, 1.165) is 11.1 Å². The van der Waals surface area contributed by atoms with Crippen molar-refractivity contribution in [2.75, 3.05) is 6.61 Å². The van der Waals surface area contributed by atoms with Crippen molar-refractivity contribution in [3.05, 3.63) is 71.5 Å². The number of hydrogen-bond donors (Lipinski definition) is 0. The summed E-state index contributed by atoms with van der Waals surface area (Å²) in [4.78, 5) is 0. The zero-order valence-electron chi connectivity index (χ0n) is 11.9. The Hall–Kier alpha value is -2.33. The van der Waals surface area contributed by atoms with E-state index in [0.29, 0.717) is 18.9 Å². The molecule has 0 atom stereocenters. The molecular weight excluding hydrogens is 267 g/mol. The van der Waals surface area contributed by atoms with Gasteiger partial charge in [-0.05, 0) is 24.6 Å². The Labute approximate surface area is 123 Å². The van der Waals surface area contributed by atoms with E-state index in [1.54, 1.807) is 25.3 Å². The monoisotopic (exact) mass is 284 g/mol. The van der Waals surface area contributed by atoms with Crippen molar-refractivity contribution in [1.29, 1.82) is 0 Å². The van der Waals surface area contributed by atoms with E-state index < -0.39 is 0 Å². The summed E-state index contributed by atoms with van der Waals surface area (Å²) < 4.78 is 18.5. The van der Waals surface area contributed by atoms with E-state index in [9.17, 15) is 4.39 Å². The predicted octanol–water partition coefficient (Wildman–Crippen LogP) is 3.84. The standard InChI is InChI=1S/C17H17FN2O/c1-14(16-8-5-9-17(18)12-16)20-19-10-11-21-13-15-6-3-2-4-7-15/h2-10,12H,11,13H2,1H3/b19-10+,20-14+. The third-order valence-electron chi connectivity index (χ3n) is 2.84. The molecule has 0 saturated heterocycles. The number of hydrogen-bond acceptors (Lipinski definition) is 3. The molecule has 0 bridgehead atoms. The Kier molecular flexibility index (Phi) is 5.79. The maximum Gasteiger partial charge on any atom is 0.123 e. The Balaban J connectivity index is 1.78. The van der Waals surface area contributed by atoms with Crippen LogP contribution in [0.5, 0.6) is 0 Å². The maximum atomic E-state index is 13.1. The lowest BCUT2D eigenvalue weighted by atomic mass is 10.1. The Morgan fingerprint density at radius 2 is 1.95 bits per heavy atom. The van der Waals surface area contributed by atoms with Crippen LogP contribution in [-0.2, 0) is 11.3 Å². The summed E-state index contributed by atoms with van der Waals surface area (Å²) in [6.45, 7) is 2.71. The third kappa shape index (κ3) is 5.28. The van der Waals surface area contributed by atoms with Gasteiger partial charge in [0.2, 0.25) is 0 Å². The lowest BCUT2D eigenvalue weighted by Crippen LogP contribution is -1.97. The normalized spacial score (nSPS) is 12.0. The lowest BCUT2D eigenvalue weighted by Gasteiger charge is -2.00. The first-order chi connectivity index (χ1) is 10.3. The molecule has 4 heteroatoms. The van der Waals surface area contributed by atoms with E-state index in [1.165, 1.54) is 12.1 Å². The van der Waals surface area contributed by atoms with Crippen LogP contribution in [0.15, 0.2) is 64.8 Å². The van der Waals surface area contributed by atoms with Crippen molar-refractivity contribution in [2.45, 2.75) is 13.5 Å². The van der Waals surface area contributed by atoms with Crippen LogP contribution in [0.4, 0.5) is 4.39 Å². The van der Waals surface area contributed by atoms with Gasteiger partial charge in [-0.2, -0.15) is 10.2 Å². The molecule has 0 N–H and O–H groups in total. The average molecular weight is 284 g/mol. The zero-order valence-corrected chi connectivity index (χ0v) is 11.9. The smallest absolute Gasteiger partial charge is 0.123 e. The van der Waals surface area contributed by atoms with Crippen LogP contribution in [0, 0.1) is 5.82 Å². The van der Waals surface area contributed by atoms with Gasteiger partial charge >= 0.3 is 0 Å². The summed E-state index contributed by atoms with van der Waals surface area (Å²) in [6.07, 6.45) is 1.59. The molecule has 0 fully saturated rings. The minimum Gasteiger partial charge on any atom is -0.371 e. The van der Waals surface area contributed by atoms with Gasteiger partial charge in [-0.1, -0.05) is 42.5 Å². The van der Waals surface area contributed by atoms with Gasteiger partial charge in [0.05, 0.1) is 25.1 Å². The Morgan fingerprint density at radius 1 is 1.14 bits per heavy atom. The predicted molar refractivity (Wildman–Crippen MR) is 83.2 cm³/mol. The summed E-state index contributed by atoms with van der Waals surface area (Å²) in [5, 5.41) is 7.94. The molecule has 0 unspecified atom stereocenters. The molecule has 0 aliphatic heterocycles. The number of ether oxygens (including phenoxy) is 1. The number of halogens is 1.